The van der Waals surface area contributed by atoms with E-state index >= 15 is 0 Å². The van der Waals surface area contributed by atoms with E-state index in [2.05, 4.69) is 16.7 Å². The molecule has 86 valence electrons. The fourth-order valence-corrected chi connectivity index (χ4v) is 3.36. The molecule has 1 aliphatic heterocycles. The summed E-state index contributed by atoms with van der Waals surface area (Å²) < 4.78 is 11.4. The van der Waals surface area contributed by atoms with Crippen molar-refractivity contribution in [2.75, 3.05) is 0 Å². The largest absolute Gasteiger partial charge is 0.264 e. The van der Waals surface area contributed by atoms with Gasteiger partial charge in [-0.2, -0.15) is 0 Å². The molecule has 0 N–H and O–H groups in total. The Labute approximate surface area is 107 Å². The summed E-state index contributed by atoms with van der Waals surface area (Å²) in [5.41, 5.74) is 0.760. The number of nitrogens with zero attached hydrogens (tertiary/aromatic N) is 2. The van der Waals surface area contributed by atoms with Crippen molar-refractivity contribution in [1.82, 2.24) is 4.98 Å². The molecule has 2 atom stereocenters. The summed E-state index contributed by atoms with van der Waals surface area (Å²) in [5.74, 6) is 0. The van der Waals surface area contributed by atoms with Crippen molar-refractivity contribution in [3.8, 4) is 0 Å². The molecule has 2 rings (SSSR count). The van der Waals surface area contributed by atoms with Crippen LogP contribution in [0.4, 0.5) is 0 Å². The molecule has 3 nitrogen and oxygen atoms in total. The highest BCUT2D eigenvalue weighted by molar-refractivity contribution is 7.92. The molecular weight excluding hydrogens is 252 g/mol. The Morgan fingerprint density at radius 1 is 1.53 bits per heavy atom. The lowest BCUT2D eigenvalue weighted by atomic mass is 9.99. The van der Waals surface area contributed by atoms with Gasteiger partial charge in [0, 0.05) is 23.4 Å². The highest BCUT2D eigenvalue weighted by Gasteiger charge is 2.40. The van der Waals surface area contributed by atoms with Crippen LogP contribution in [0.5, 0.6) is 0 Å². The summed E-state index contributed by atoms with van der Waals surface area (Å²) in [6, 6.07) is 3.62. The van der Waals surface area contributed by atoms with E-state index in [9.17, 15) is 4.21 Å². The molecule has 1 aromatic rings. The van der Waals surface area contributed by atoms with Crippen LogP contribution in [0.25, 0.3) is 0 Å². The highest BCUT2D eigenvalue weighted by atomic mass is 32.2. The van der Waals surface area contributed by atoms with Crippen molar-refractivity contribution in [1.29, 1.82) is 0 Å². The molecule has 0 amide bonds. The van der Waals surface area contributed by atoms with E-state index in [0.29, 0.717) is 4.99 Å². The van der Waals surface area contributed by atoms with E-state index in [1.54, 1.807) is 36.0 Å². The zero-order chi connectivity index (χ0) is 12.3. The quantitative estimate of drug-likeness (QED) is 0.606. The molecule has 1 aliphatic rings. The molecule has 0 fully saturated rings. The van der Waals surface area contributed by atoms with Crippen molar-refractivity contribution >= 4 is 34.7 Å². The van der Waals surface area contributed by atoms with Crippen LogP contribution in [0.2, 0.25) is 0 Å². The first-order chi connectivity index (χ1) is 8.21. The second-order valence-electron chi connectivity index (χ2n) is 3.43. The molecule has 0 radical (unpaired) electrons. The van der Waals surface area contributed by atoms with Gasteiger partial charge in [-0.05, 0) is 12.8 Å². The summed E-state index contributed by atoms with van der Waals surface area (Å²) >= 11 is 5.21. The molecule has 2 heterocycles. The Morgan fingerprint density at radius 3 is 2.94 bits per heavy atom. The molecule has 0 spiro atoms. The van der Waals surface area contributed by atoms with Gasteiger partial charge in [0.15, 0.2) is 0 Å². The smallest absolute Gasteiger partial charge is 0.147 e. The van der Waals surface area contributed by atoms with Gasteiger partial charge >= 0.3 is 0 Å². The Bertz CT molecular complexity index is 527. The first-order valence-electron chi connectivity index (χ1n) is 4.90. The summed E-state index contributed by atoms with van der Waals surface area (Å²) in [7, 11) is -1.30. The van der Waals surface area contributed by atoms with Crippen LogP contribution in [0.15, 0.2) is 53.2 Å². The predicted octanol–water partition coefficient (Wildman–Crippen LogP) is 2.14. The molecule has 17 heavy (non-hydrogen) atoms. The van der Waals surface area contributed by atoms with Gasteiger partial charge in [0.2, 0.25) is 0 Å². The lowest BCUT2D eigenvalue weighted by Gasteiger charge is -2.28. The fourth-order valence-electron chi connectivity index (χ4n) is 1.68. The first-order valence-corrected chi connectivity index (χ1v) is 6.52. The van der Waals surface area contributed by atoms with E-state index in [0.717, 1.165) is 5.56 Å². The molecule has 0 aromatic carbocycles. The molecule has 0 saturated carbocycles. The number of pyridine rings is 1. The van der Waals surface area contributed by atoms with Gasteiger partial charge in [0.1, 0.15) is 9.74 Å². The SMILES string of the molecule is C=NC(=S)[C@@]1(c2cccnc2)C=CC=C[S@@]1=O. The van der Waals surface area contributed by atoms with Gasteiger partial charge in [0.05, 0.1) is 10.8 Å². The third-order valence-electron chi connectivity index (χ3n) is 2.51. The number of thiocarbonyl (C=S) groups is 1. The minimum absolute atomic E-state index is 0.296. The van der Waals surface area contributed by atoms with E-state index in [1.807, 2.05) is 12.1 Å². The van der Waals surface area contributed by atoms with Gasteiger partial charge < -0.3 is 0 Å². The van der Waals surface area contributed by atoms with Crippen molar-refractivity contribution in [2.24, 2.45) is 4.99 Å². The molecule has 0 unspecified atom stereocenters. The van der Waals surface area contributed by atoms with Crippen LogP contribution in [-0.2, 0) is 15.5 Å². The number of hydrogen-bond acceptors (Lipinski definition) is 3. The zero-order valence-corrected chi connectivity index (χ0v) is 10.6. The Kier molecular flexibility index (Phi) is 3.40. The molecule has 1 aromatic heterocycles. The van der Waals surface area contributed by atoms with Gasteiger partial charge in [-0.25, -0.2) is 0 Å². The van der Waals surface area contributed by atoms with Crippen molar-refractivity contribution < 1.29 is 4.21 Å². The molecule has 0 saturated heterocycles. The maximum Gasteiger partial charge on any atom is 0.147 e. The van der Waals surface area contributed by atoms with E-state index in [4.69, 9.17) is 12.2 Å². The summed E-state index contributed by atoms with van der Waals surface area (Å²) in [6.07, 6.45) is 8.64. The Morgan fingerprint density at radius 2 is 2.35 bits per heavy atom. The fraction of sp³-hybridized carbons (Fsp3) is 0.0833. The van der Waals surface area contributed by atoms with E-state index in [-0.39, 0.29) is 0 Å². The lowest BCUT2D eigenvalue weighted by Crippen LogP contribution is -2.36. The van der Waals surface area contributed by atoms with Gasteiger partial charge in [0.25, 0.3) is 0 Å². The first kappa shape index (κ1) is 12.0. The zero-order valence-electron chi connectivity index (χ0n) is 8.95. The highest BCUT2D eigenvalue weighted by Crippen LogP contribution is 2.34. The van der Waals surface area contributed by atoms with Crippen LogP contribution in [0, 0.1) is 0 Å². The van der Waals surface area contributed by atoms with E-state index in [1.165, 1.54) is 0 Å². The number of aliphatic imine (C=N–C) groups is 1. The van der Waals surface area contributed by atoms with Crippen molar-refractivity contribution in [2.45, 2.75) is 4.75 Å². The Balaban J connectivity index is 2.64. The number of aromatic nitrogens is 1. The monoisotopic (exact) mass is 262 g/mol. The van der Waals surface area contributed by atoms with Crippen LogP contribution >= 0.6 is 12.2 Å². The van der Waals surface area contributed by atoms with Gasteiger partial charge in [-0.3, -0.25) is 14.2 Å². The molecule has 0 bridgehead atoms. The second-order valence-corrected chi connectivity index (χ2v) is 5.32. The number of rotatable bonds is 2. The maximum atomic E-state index is 12.3. The topological polar surface area (TPSA) is 42.3 Å². The normalized spacial score (nSPS) is 26.7. The van der Waals surface area contributed by atoms with Gasteiger partial charge in [-0.15, -0.1) is 0 Å². The van der Waals surface area contributed by atoms with Crippen LogP contribution in [0.3, 0.4) is 0 Å². The summed E-state index contributed by atoms with van der Waals surface area (Å²) in [5, 5.41) is 1.60. The van der Waals surface area contributed by atoms with Crippen LogP contribution in [-0.4, -0.2) is 20.9 Å². The lowest BCUT2D eigenvalue weighted by molar-refractivity contribution is 0.678. The minimum atomic E-state index is -1.30. The van der Waals surface area contributed by atoms with Crippen LogP contribution in [0.1, 0.15) is 5.56 Å². The molecular formula is C12H10N2OS2. The van der Waals surface area contributed by atoms with E-state index < -0.39 is 15.5 Å². The third-order valence-corrected chi connectivity index (χ3v) is 4.70. The van der Waals surface area contributed by atoms with Crippen molar-refractivity contribution in [3.63, 3.8) is 0 Å². The average Bonchev–Trinajstić information content (AvgIpc) is 2.39. The number of hydrogen-bond donors (Lipinski definition) is 0. The second kappa shape index (κ2) is 4.81. The summed E-state index contributed by atoms with van der Waals surface area (Å²) in [4.78, 5) is 8.12. The van der Waals surface area contributed by atoms with Crippen LogP contribution < -0.4 is 0 Å². The number of allylic oxidation sites excluding steroid dienone is 2. The minimum Gasteiger partial charge on any atom is -0.264 e. The molecule has 5 heteroatoms. The maximum absolute atomic E-state index is 12.3. The summed E-state index contributed by atoms with van der Waals surface area (Å²) in [6.45, 7) is 3.44. The van der Waals surface area contributed by atoms with Crippen molar-refractivity contribution in [3.05, 3.63) is 53.7 Å². The van der Waals surface area contributed by atoms with Gasteiger partial charge in [-0.1, -0.05) is 36.5 Å². The molecule has 0 aliphatic carbocycles. The average molecular weight is 262 g/mol. The predicted molar refractivity (Wildman–Crippen MR) is 74.5 cm³/mol. The Hall–Kier alpha value is -1.46. The standard InChI is InChI=1S/C12H10N2OS2/c1-13-11(16)12(6-2-3-8-17(12)15)10-5-4-7-14-9-10/h2-9H,1H2/t12-,17-/m0/s1. The third kappa shape index (κ3) is 1.92.